The molecule has 1 amide bonds. The topological polar surface area (TPSA) is 130 Å². The second-order valence-corrected chi connectivity index (χ2v) is 12.1. The van der Waals surface area contributed by atoms with Gasteiger partial charge in [-0.05, 0) is 64.5 Å². The van der Waals surface area contributed by atoms with Gasteiger partial charge in [-0.15, -0.1) is 0 Å². The number of aliphatic hydroxyl groups excluding tert-OH is 1. The molecule has 1 aliphatic heterocycles. The summed E-state index contributed by atoms with van der Waals surface area (Å²) in [5.74, 6) is 1.91. The fourth-order valence-corrected chi connectivity index (χ4v) is 5.92. The molecular formula is C29H34FN7O4. The maximum atomic E-state index is 15.1. The molecule has 1 aromatic carbocycles. The number of hydrogen-bond acceptors (Lipinski definition) is 9. The molecule has 0 radical (unpaired) electrons. The summed E-state index contributed by atoms with van der Waals surface area (Å²) < 4.78 is 26.6. The van der Waals surface area contributed by atoms with Gasteiger partial charge in [-0.2, -0.15) is 9.97 Å². The molecule has 2 bridgehead atoms. The van der Waals surface area contributed by atoms with E-state index in [2.05, 4.69) is 31.8 Å². The number of piperidine rings is 1. The molecule has 0 spiro atoms. The van der Waals surface area contributed by atoms with Gasteiger partial charge in [0.05, 0.1) is 29.0 Å². The zero-order valence-corrected chi connectivity index (χ0v) is 24.0. The average molecular weight is 564 g/mol. The lowest BCUT2D eigenvalue weighted by Crippen LogP contribution is -2.35. The SMILES string of the molecule is CC(O)c1ncc(Oc2nc(N3C[C@H]4CC3C[C@H]4C)c3c(n2)[nH]c2c(N(C)C(=O)OC(C)(C)C)cc(F)cc23)cn1. The molecule has 41 heavy (non-hydrogen) atoms. The first-order valence-electron chi connectivity index (χ1n) is 13.8. The summed E-state index contributed by atoms with van der Waals surface area (Å²) in [6, 6.07) is 3.11. The number of aliphatic hydroxyl groups is 1. The summed E-state index contributed by atoms with van der Waals surface area (Å²) in [6.45, 7) is 10.0. The average Bonchev–Trinajstić information content (AvgIpc) is 3.58. The highest BCUT2D eigenvalue weighted by molar-refractivity contribution is 6.16. The van der Waals surface area contributed by atoms with Gasteiger partial charge < -0.3 is 24.5 Å². The number of nitrogens with one attached hydrogen (secondary N) is 1. The lowest BCUT2D eigenvalue weighted by Gasteiger charge is -2.31. The van der Waals surface area contributed by atoms with Crippen LogP contribution in [0.2, 0.25) is 0 Å². The van der Waals surface area contributed by atoms with E-state index >= 15 is 4.39 Å². The van der Waals surface area contributed by atoms with Crippen LogP contribution in [0.3, 0.4) is 0 Å². The molecule has 3 aromatic heterocycles. The number of ether oxygens (including phenoxy) is 2. The minimum atomic E-state index is -0.809. The van der Waals surface area contributed by atoms with Crippen LogP contribution >= 0.6 is 0 Å². The van der Waals surface area contributed by atoms with Gasteiger partial charge in [0.1, 0.15) is 29.0 Å². The van der Waals surface area contributed by atoms with Crippen molar-refractivity contribution >= 4 is 39.5 Å². The molecule has 11 nitrogen and oxygen atoms in total. The molecule has 1 saturated heterocycles. The number of anilines is 2. The Balaban J connectivity index is 1.49. The normalized spacial score (nSPS) is 21.1. The fraction of sp³-hybridized carbons (Fsp3) is 0.483. The quantitative estimate of drug-likeness (QED) is 0.324. The van der Waals surface area contributed by atoms with E-state index in [1.54, 1.807) is 34.7 Å². The van der Waals surface area contributed by atoms with E-state index in [1.807, 2.05) is 0 Å². The van der Waals surface area contributed by atoms with Gasteiger partial charge in [-0.25, -0.2) is 19.2 Å². The first kappa shape index (κ1) is 27.1. The molecular weight excluding hydrogens is 529 g/mol. The van der Waals surface area contributed by atoms with E-state index in [9.17, 15) is 9.90 Å². The number of carbonyl (C=O) groups excluding carboxylic acids is 1. The smallest absolute Gasteiger partial charge is 0.414 e. The number of H-pyrrole nitrogens is 1. The number of aromatic nitrogens is 5. The third-order valence-corrected chi connectivity index (χ3v) is 7.89. The molecule has 216 valence electrons. The first-order valence-corrected chi connectivity index (χ1v) is 13.8. The maximum Gasteiger partial charge on any atom is 0.414 e. The number of halogens is 1. The van der Waals surface area contributed by atoms with E-state index < -0.39 is 23.6 Å². The summed E-state index contributed by atoms with van der Waals surface area (Å²) in [4.78, 5) is 37.5. The number of fused-ring (bicyclic) bond motifs is 5. The molecule has 1 saturated carbocycles. The van der Waals surface area contributed by atoms with Gasteiger partial charge in [-0.1, -0.05) is 6.92 Å². The number of carbonyl (C=O) groups is 1. The van der Waals surface area contributed by atoms with Crippen molar-refractivity contribution in [1.29, 1.82) is 0 Å². The van der Waals surface area contributed by atoms with Crippen molar-refractivity contribution in [3.63, 3.8) is 0 Å². The number of nitrogens with zero attached hydrogens (tertiary/aromatic N) is 6. The van der Waals surface area contributed by atoms with Crippen LogP contribution in [0.4, 0.5) is 20.7 Å². The zero-order valence-electron chi connectivity index (χ0n) is 24.0. The number of hydrogen-bond donors (Lipinski definition) is 2. The largest absolute Gasteiger partial charge is 0.443 e. The Morgan fingerprint density at radius 1 is 1.22 bits per heavy atom. The number of rotatable bonds is 5. The van der Waals surface area contributed by atoms with Crippen LogP contribution in [-0.4, -0.2) is 61.4 Å². The van der Waals surface area contributed by atoms with Crippen molar-refractivity contribution in [2.75, 3.05) is 23.4 Å². The zero-order chi connectivity index (χ0) is 29.2. The fourth-order valence-electron chi connectivity index (χ4n) is 5.92. The van der Waals surface area contributed by atoms with Gasteiger partial charge in [0, 0.05) is 25.0 Å². The summed E-state index contributed by atoms with van der Waals surface area (Å²) >= 11 is 0. The van der Waals surface area contributed by atoms with Crippen molar-refractivity contribution in [3.05, 3.63) is 36.2 Å². The Morgan fingerprint density at radius 3 is 2.56 bits per heavy atom. The molecule has 4 atom stereocenters. The Bertz CT molecular complexity index is 1630. The summed E-state index contributed by atoms with van der Waals surface area (Å²) in [6.07, 6.45) is 3.61. The highest BCUT2D eigenvalue weighted by Gasteiger charge is 2.44. The number of aromatic amines is 1. The van der Waals surface area contributed by atoms with Crippen molar-refractivity contribution in [3.8, 4) is 11.8 Å². The Morgan fingerprint density at radius 2 is 1.95 bits per heavy atom. The monoisotopic (exact) mass is 563 g/mol. The standard InChI is InChI=1S/C29H34FN7O4/c1-14-7-18-8-16(14)13-37(18)26-22-20-9-17(30)10-21(36(6)28(39)41-29(3,4)5)23(20)33-25(22)34-27(35-26)40-19-11-31-24(15(2)38)32-12-19/h9-12,14-16,18,38H,7-8,13H2,1-6H3,(H,33,34,35)/t14-,15?,16-,18?/m1/s1. The van der Waals surface area contributed by atoms with Crippen LogP contribution in [0.25, 0.3) is 21.9 Å². The van der Waals surface area contributed by atoms with Gasteiger partial charge >= 0.3 is 12.1 Å². The molecule has 2 fully saturated rings. The van der Waals surface area contributed by atoms with Crippen molar-refractivity contribution < 1.29 is 23.8 Å². The van der Waals surface area contributed by atoms with Gasteiger partial charge in [0.2, 0.25) is 0 Å². The predicted molar refractivity (Wildman–Crippen MR) is 152 cm³/mol. The van der Waals surface area contributed by atoms with E-state index in [0.29, 0.717) is 57.1 Å². The lowest BCUT2D eigenvalue weighted by molar-refractivity contribution is 0.0589. The molecule has 4 heterocycles. The van der Waals surface area contributed by atoms with Crippen LogP contribution in [0.15, 0.2) is 24.5 Å². The Hall–Kier alpha value is -4.06. The van der Waals surface area contributed by atoms with Crippen molar-refractivity contribution in [2.24, 2.45) is 11.8 Å². The molecule has 2 N–H and O–H groups in total. The molecule has 4 aromatic rings. The summed E-state index contributed by atoms with van der Waals surface area (Å²) in [7, 11) is 1.55. The Labute approximate surface area is 236 Å². The third-order valence-electron chi connectivity index (χ3n) is 7.89. The van der Waals surface area contributed by atoms with E-state index in [4.69, 9.17) is 14.5 Å². The number of benzene rings is 1. The third kappa shape index (κ3) is 5.01. The van der Waals surface area contributed by atoms with E-state index in [-0.39, 0.29) is 11.8 Å². The molecule has 2 aliphatic rings. The predicted octanol–water partition coefficient (Wildman–Crippen LogP) is 5.49. The maximum absolute atomic E-state index is 15.1. The van der Waals surface area contributed by atoms with Crippen molar-refractivity contribution in [2.45, 2.75) is 65.2 Å². The van der Waals surface area contributed by atoms with Gasteiger partial charge in [0.25, 0.3) is 0 Å². The highest BCUT2D eigenvalue weighted by atomic mass is 19.1. The van der Waals surface area contributed by atoms with Gasteiger partial charge in [-0.3, -0.25) is 4.90 Å². The van der Waals surface area contributed by atoms with Crippen LogP contribution < -0.4 is 14.5 Å². The highest BCUT2D eigenvalue weighted by Crippen LogP contribution is 2.47. The summed E-state index contributed by atoms with van der Waals surface area (Å²) in [5.41, 5.74) is 0.581. The Kier molecular flexibility index (Phi) is 6.48. The molecule has 12 heteroatoms. The lowest BCUT2D eigenvalue weighted by atomic mass is 9.97. The second-order valence-electron chi connectivity index (χ2n) is 12.1. The van der Waals surface area contributed by atoms with Crippen molar-refractivity contribution in [1.82, 2.24) is 24.9 Å². The molecule has 6 rings (SSSR count). The molecule has 2 unspecified atom stereocenters. The van der Waals surface area contributed by atoms with Gasteiger partial charge in [0.15, 0.2) is 11.6 Å². The van der Waals surface area contributed by atoms with Crippen LogP contribution in [-0.2, 0) is 4.74 Å². The minimum Gasteiger partial charge on any atom is -0.443 e. The summed E-state index contributed by atoms with van der Waals surface area (Å²) in [5, 5.41) is 11.0. The number of amides is 1. The minimum absolute atomic E-state index is 0.0748. The van der Waals surface area contributed by atoms with Crippen LogP contribution in [0.5, 0.6) is 11.8 Å². The molecule has 1 aliphatic carbocycles. The van der Waals surface area contributed by atoms with E-state index in [1.165, 1.54) is 29.4 Å². The van der Waals surface area contributed by atoms with Crippen LogP contribution in [0, 0.1) is 17.7 Å². The van der Waals surface area contributed by atoms with Crippen LogP contribution in [0.1, 0.15) is 59.4 Å². The first-order chi connectivity index (χ1) is 19.4. The van der Waals surface area contributed by atoms with E-state index in [0.717, 1.165) is 19.4 Å². The second kappa shape index (κ2) is 9.79.